The average Bonchev–Trinajstić information content (AvgIpc) is 3.60. The molecule has 2 aromatic rings. The van der Waals surface area contributed by atoms with Gasteiger partial charge in [-0.1, -0.05) is 54.1 Å². The minimum absolute atomic E-state index is 0.0414. The highest BCUT2D eigenvalue weighted by Gasteiger charge is 2.41. The van der Waals surface area contributed by atoms with E-state index in [9.17, 15) is 14.4 Å². The fraction of sp³-hybridized carbons (Fsp3) is 0.444. The Labute approximate surface area is 201 Å². The van der Waals surface area contributed by atoms with Crippen LogP contribution in [0.25, 0.3) is 0 Å². The number of alkyl carbamates (subject to hydrolysis) is 1. The molecule has 1 fully saturated rings. The molecule has 3 rings (SSSR count). The van der Waals surface area contributed by atoms with Gasteiger partial charge in [0.2, 0.25) is 11.8 Å². The molecule has 2 aromatic carbocycles. The molecule has 0 saturated heterocycles. The summed E-state index contributed by atoms with van der Waals surface area (Å²) in [6.07, 6.45) is 0.991. The first-order valence-electron chi connectivity index (χ1n) is 11.7. The predicted molar refractivity (Wildman–Crippen MR) is 131 cm³/mol. The van der Waals surface area contributed by atoms with Crippen LogP contribution in [0.3, 0.4) is 0 Å². The van der Waals surface area contributed by atoms with E-state index < -0.39 is 17.7 Å². The van der Waals surface area contributed by atoms with E-state index in [4.69, 9.17) is 4.74 Å². The lowest BCUT2D eigenvalue weighted by Crippen LogP contribution is -2.49. The number of hydrogen-bond acceptors (Lipinski definition) is 4. The van der Waals surface area contributed by atoms with E-state index in [1.165, 1.54) is 0 Å². The predicted octanol–water partition coefficient (Wildman–Crippen LogP) is 4.18. The lowest BCUT2D eigenvalue weighted by molar-refractivity contribution is -0.141. The number of benzene rings is 2. The summed E-state index contributed by atoms with van der Waals surface area (Å²) >= 11 is 0. The highest BCUT2D eigenvalue weighted by molar-refractivity contribution is 5.91. The van der Waals surface area contributed by atoms with Crippen LogP contribution in [-0.2, 0) is 20.9 Å². The Bertz CT molecular complexity index is 1030. The van der Waals surface area contributed by atoms with Crippen LogP contribution in [-0.4, -0.2) is 41.0 Å². The standard InChI is InChI=1S/C27H35N3O4/c1-18-11-12-19(2)22(15-18)24(25(32)28-16-20-9-7-6-8-10-20)30(21-13-14-21)23(31)17-29-26(33)34-27(3,4)5/h6-12,15,21,24H,13-14,16-17H2,1-5H3,(H,28,32)(H,29,33). The SMILES string of the molecule is Cc1ccc(C)c(C(C(=O)NCc2ccccc2)N(C(=O)CNC(=O)OC(C)(C)C)C2CC2)c1. The molecule has 2 N–H and O–H groups in total. The third-order valence-corrected chi connectivity index (χ3v) is 5.58. The molecule has 34 heavy (non-hydrogen) atoms. The number of nitrogens with one attached hydrogen (secondary N) is 2. The van der Waals surface area contributed by atoms with E-state index in [2.05, 4.69) is 10.6 Å². The fourth-order valence-electron chi connectivity index (χ4n) is 3.82. The van der Waals surface area contributed by atoms with Crippen LogP contribution in [0.15, 0.2) is 48.5 Å². The molecular weight excluding hydrogens is 430 g/mol. The summed E-state index contributed by atoms with van der Waals surface area (Å²) in [5, 5.41) is 5.56. The minimum Gasteiger partial charge on any atom is -0.444 e. The molecule has 0 aromatic heterocycles. The van der Waals surface area contributed by atoms with Crippen LogP contribution in [0.2, 0.25) is 0 Å². The highest BCUT2D eigenvalue weighted by atomic mass is 16.6. The van der Waals surface area contributed by atoms with Gasteiger partial charge < -0.3 is 20.3 Å². The summed E-state index contributed by atoms with van der Waals surface area (Å²) in [7, 11) is 0. The summed E-state index contributed by atoms with van der Waals surface area (Å²) in [4.78, 5) is 40.7. The molecule has 0 radical (unpaired) electrons. The molecule has 1 aliphatic carbocycles. The van der Waals surface area contributed by atoms with Crippen molar-refractivity contribution in [3.63, 3.8) is 0 Å². The van der Waals surface area contributed by atoms with Crippen molar-refractivity contribution in [2.45, 2.75) is 71.7 Å². The molecule has 7 nitrogen and oxygen atoms in total. The lowest BCUT2D eigenvalue weighted by Gasteiger charge is -2.33. The quantitative estimate of drug-likeness (QED) is 0.612. The number of ether oxygens (including phenoxy) is 1. The molecule has 0 spiro atoms. The van der Waals surface area contributed by atoms with Crippen LogP contribution in [0.1, 0.15) is 61.9 Å². The van der Waals surface area contributed by atoms with E-state index in [0.29, 0.717) is 6.54 Å². The van der Waals surface area contributed by atoms with Gasteiger partial charge in [0.15, 0.2) is 0 Å². The minimum atomic E-state index is -0.788. The van der Waals surface area contributed by atoms with Gasteiger partial charge >= 0.3 is 6.09 Å². The monoisotopic (exact) mass is 465 g/mol. The van der Waals surface area contributed by atoms with Gasteiger partial charge in [-0.3, -0.25) is 9.59 Å². The number of aryl methyl sites for hydroxylation is 2. The van der Waals surface area contributed by atoms with Crippen molar-refractivity contribution >= 4 is 17.9 Å². The highest BCUT2D eigenvalue weighted by Crippen LogP contribution is 2.36. The van der Waals surface area contributed by atoms with Crippen molar-refractivity contribution in [2.75, 3.05) is 6.54 Å². The fourth-order valence-corrected chi connectivity index (χ4v) is 3.82. The van der Waals surface area contributed by atoms with Crippen LogP contribution < -0.4 is 10.6 Å². The maximum absolute atomic E-state index is 13.6. The van der Waals surface area contributed by atoms with Crippen molar-refractivity contribution in [2.24, 2.45) is 0 Å². The molecule has 3 amide bonds. The van der Waals surface area contributed by atoms with Gasteiger partial charge in [-0.15, -0.1) is 0 Å². The topological polar surface area (TPSA) is 87.7 Å². The Morgan fingerprint density at radius 1 is 1.03 bits per heavy atom. The first-order valence-corrected chi connectivity index (χ1v) is 11.7. The number of hydrogen-bond donors (Lipinski definition) is 2. The number of rotatable bonds is 8. The van der Waals surface area contributed by atoms with Crippen LogP contribution in [0.5, 0.6) is 0 Å². The Balaban J connectivity index is 1.84. The first kappa shape index (κ1) is 25.3. The van der Waals surface area contributed by atoms with Gasteiger partial charge in [0.05, 0.1) is 0 Å². The second-order valence-corrected chi connectivity index (χ2v) is 9.85. The van der Waals surface area contributed by atoms with Crippen molar-refractivity contribution in [3.05, 3.63) is 70.8 Å². The Morgan fingerprint density at radius 2 is 1.71 bits per heavy atom. The van der Waals surface area contributed by atoms with Crippen LogP contribution in [0.4, 0.5) is 4.79 Å². The zero-order valence-corrected chi connectivity index (χ0v) is 20.7. The van der Waals surface area contributed by atoms with E-state index in [1.54, 1.807) is 25.7 Å². The molecule has 1 atom stereocenters. The Hall–Kier alpha value is -3.35. The molecular formula is C27H35N3O4. The largest absolute Gasteiger partial charge is 0.444 e. The average molecular weight is 466 g/mol. The second kappa shape index (κ2) is 10.7. The van der Waals surface area contributed by atoms with Crippen molar-refractivity contribution in [1.82, 2.24) is 15.5 Å². The zero-order chi connectivity index (χ0) is 24.9. The first-order chi connectivity index (χ1) is 16.0. The molecule has 0 aliphatic heterocycles. The van der Waals surface area contributed by atoms with Crippen LogP contribution in [0, 0.1) is 13.8 Å². The third-order valence-electron chi connectivity index (χ3n) is 5.58. The van der Waals surface area contributed by atoms with Gasteiger partial charge in [0, 0.05) is 12.6 Å². The number of carbonyl (C=O) groups is 3. The summed E-state index contributed by atoms with van der Waals surface area (Å²) in [6, 6.07) is 14.8. The Morgan fingerprint density at radius 3 is 2.32 bits per heavy atom. The third kappa shape index (κ3) is 7.07. The van der Waals surface area contributed by atoms with Crippen LogP contribution >= 0.6 is 0 Å². The van der Waals surface area contributed by atoms with E-state index in [0.717, 1.165) is 35.1 Å². The second-order valence-electron chi connectivity index (χ2n) is 9.85. The van der Waals surface area contributed by atoms with Gasteiger partial charge in [-0.25, -0.2) is 4.79 Å². The number of nitrogens with zero attached hydrogens (tertiary/aromatic N) is 1. The summed E-state index contributed by atoms with van der Waals surface area (Å²) in [5.74, 6) is -0.552. The summed E-state index contributed by atoms with van der Waals surface area (Å²) in [6.45, 7) is 9.33. The zero-order valence-electron chi connectivity index (χ0n) is 20.7. The molecule has 1 aliphatic rings. The van der Waals surface area contributed by atoms with Gasteiger partial charge in [-0.05, 0) is 64.2 Å². The number of carbonyl (C=O) groups excluding carboxylic acids is 3. The molecule has 182 valence electrons. The summed E-state index contributed by atoms with van der Waals surface area (Å²) < 4.78 is 5.26. The van der Waals surface area contributed by atoms with Gasteiger partial charge in [-0.2, -0.15) is 0 Å². The molecule has 7 heteroatoms. The molecule has 1 unspecified atom stereocenters. The maximum Gasteiger partial charge on any atom is 0.408 e. The maximum atomic E-state index is 13.6. The Kier molecular flexibility index (Phi) is 7.97. The van der Waals surface area contributed by atoms with E-state index in [1.807, 2.05) is 62.4 Å². The molecule has 0 bridgehead atoms. The lowest BCUT2D eigenvalue weighted by atomic mass is 9.96. The normalized spacial score (nSPS) is 14.1. The van der Waals surface area contributed by atoms with E-state index >= 15 is 0 Å². The smallest absolute Gasteiger partial charge is 0.408 e. The molecule has 0 heterocycles. The van der Waals surface area contributed by atoms with E-state index in [-0.39, 0.29) is 24.4 Å². The number of amides is 3. The van der Waals surface area contributed by atoms with Gasteiger partial charge in [0.1, 0.15) is 18.2 Å². The van der Waals surface area contributed by atoms with Crippen molar-refractivity contribution in [1.29, 1.82) is 0 Å². The van der Waals surface area contributed by atoms with Crippen molar-refractivity contribution in [3.8, 4) is 0 Å². The summed E-state index contributed by atoms with van der Waals surface area (Å²) in [5.41, 5.74) is 3.05. The van der Waals surface area contributed by atoms with Crippen molar-refractivity contribution < 1.29 is 19.1 Å². The van der Waals surface area contributed by atoms with Gasteiger partial charge in [0.25, 0.3) is 0 Å². The molecule has 1 saturated carbocycles.